The maximum absolute atomic E-state index is 6.37. The van der Waals surface area contributed by atoms with Crippen molar-refractivity contribution in [2.45, 2.75) is 0 Å². The predicted octanol–water partition coefficient (Wildman–Crippen LogP) is 15.0. The Morgan fingerprint density at radius 1 is 0.296 bits per heavy atom. The Hall–Kier alpha value is -7.16. The largest absolute Gasteiger partial charge is 0.456 e. The Morgan fingerprint density at radius 3 is 1.72 bits per heavy atom. The summed E-state index contributed by atoms with van der Waals surface area (Å²) in [5, 5.41) is 12.2. The minimum absolute atomic E-state index is 0.917. The third-order valence-corrected chi connectivity index (χ3v) is 11.0. The molecule has 0 aliphatic rings. The van der Waals surface area contributed by atoms with E-state index >= 15 is 0 Å². The maximum atomic E-state index is 6.37. The van der Waals surface area contributed by atoms with Crippen LogP contribution < -0.4 is 4.90 Å². The molecule has 0 spiro atoms. The predicted molar refractivity (Wildman–Crippen MR) is 229 cm³/mol. The van der Waals surface area contributed by atoms with Gasteiger partial charge in [0.15, 0.2) is 0 Å². The summed E-state index contributed by atoms with van der Waals surface area (Å²) < 4.78 is 6.37. The van der Waals surface area contributed by atoms with Gasteiger partial charge in [0.25, 0.3) is 0 Å². The first kappa shape index (κ1) is 30.5. The van der Waals surface area contributed by atoms with Crippen molar-refractivity contribution >= 4 is 82.1 Å². The van der Waals surface area contributed by atoms with E-state index in [1.807, 2.05) is 6.07 Å². The molecule has 0 aliphatic heterocycles. The highest BCUT2D eigenvalue weighted by Crippen LogP contribution is 2.46. The fourth-order valence-corrected chi connectivity index (χ4v) is 8.56. The third-order valence-electron chi connectivity index (χ3n) is 11.0. The average molecular weight is 688 g/mol. The van der Waals surface area contributed by atoms with Crippen LogP contribution in [0.1, 0.15) is 0 Å². The van der Waals surface area contributed by atoms with E-state index in [2.05, 4.69) is 199 Å². The van der Waals surface area contributed by atoms with Gasteiger partial charge < -0.3 is 9.32 Å². The van der Waals surface area contributed by atoms with Gasteiger partial charge in [-0.1, -0.05) is 146 Å². The van der Waals surface area contributed by atoms with Crippen molar-refractivity contribution in [2.75, 3.05) is 4.90 Å². The minimum atomic E-state index is 0.917. The van der Waals surface area contributed by atoms with Crippen molar-refractivity contribution in [1.29, 1.82) is 0 Å². The van der Waals surface area contributed by atoms with Crippen molar-refractivity contribution in [3.8, 4) is 22.3 Å². The van der Waals surface area contributed by atoms with Crippen molar-refractivity contribution < 1.29 is 4.42 Å². The molecule has 0 radical (unpaired) electrons. The monoisotopic (exact) mass is 687 g/mol. The zero-order valence-electron chi connectivity index (χ0n) is 29.4. The van der Waals surface area contributed by atoms with E-state index in [1.165, 1.54) is 70.7 Å². The Kier molecular flexibility index (Phi) is 6.90. The molecule has 2 heteroatoms. The maximum Gasteiger partial charge on any atom is 0.136 e. The van der Waals surface area contributed by atoms with Crippen molar-refractivity contribution in [3.05, 3.63) is 200 Å². The molecule has 54 heavy (non-hydrogen) atoms. The first-order valence-corrected chi connectivity index (χ1v) is 18.5. The second-order valence-corrected chi connectivity index (χ2v) is 14.1. The molecule has 0 saturated heterocycles. The van der Waals surface area contributed by atoms with Crippen LogP contribution in [0.25, 0.3) is 87.3 Å². The summed E-state index contributed by atoms with van der Waals surface area (Å²) in [6.07, 6.45) is 0. The van der Waals surface area contributed by atoms with Crippen LogP contribution in [0.3, 0.4) is 0 Å². The van der Waals surface area contributed by atoms with Gasteiger partial charge in [0, 0.05) is 33.2 Å². The lowest BCUT2D eigenvalue weighted by Gasteiger charge is -2.27. The molecule has 0 saturated carbocycles. The van der Waals surface area contributed by atoms with Gasteiger partial charge in [-0.2, -0.15) is 0 Å². The molecule has 0 N–H and O–H groups in total. The summed E-state index contributed by atoms with van der Waals surface area (Å²) in [7, 11) is 0. The normalized spacial score (nSPS) is 11.7. The van der Waals surface area contributed by atoms with Crippen LogP contribution in [0.15, 0.2) is 205 Å². The summed E-state index contributed by atoms with van der Waals surface area (Å²) in [5.41, 5.74) is 9.94. The van der Waals surface area contributed by atoms with Gasteiger partial charge in [0.1, 0.15) is 11.2 Å². The molecule has 1 heterocycles. The van der Waals surface area contributed by atoms with Gasteiger partial charge in [-0.15, -0.1) is 0 Å². The van der Waals surface area contributed by atoms with Crippen LogP contribution >= 0.6 is 0 Å². The Bertz CT molecular complexity index is 3180. The summed E-state index contributed by atoms with van der Waals surface area (Å²) in [5.74, 6) is 0. The molecule has 252 valence electrons. The van der Waals surface area contributed by atoms with Crippen LogP contribution in [-0.4, -0.2) is 0 Å². The standard InChI is InChI=1S/C52H33NO/c1-2-12-34(13-3-1)36-24-27-39(28-25-36)53(41-29-26-35-14-4-5-15-37(35)32-41)40-17-10-16-38(33-40)42-21-11-22-44-46-30-31-49-52(47-20-8-9-23-48(47)54-49)51(46)45-19-7-6-18-43(45)50(42)44/h1-33H. The van der Waals surface area contributed by atoms with Crippen molar-refractivity contribution in [2.24, 2.45) is 0 Å². The molecular weight excluding hydrogens is 655 g/mol. The number of anilines is 3. The molecule has 0 bridgehead atoms. The topological polar surface area (TPSA) is 16.4 Å². The molecule has 0 amide bonds. The minimum Gasteiger partial charge on any atom is -0.456 e. The van der Waals surface area contributed by atoms with E-state index in [4.69, 9.17) is 4.42 Å². The second kappa shape index (κ2) is 12.2. The van der Waals surface area contributed by atoms with Crippen LogP contribution in [0.2, 0.25) is 0 Å². The number of fused-ring (bicyclic) bond motifs is 11. The number of hydrogen-bond donors (Lipinski definition) is 0. The molecular formula is C52H33NO. The van der Waals surface area contributed by atoms with Crippen LogP contribution in [-0.2, 0) is 0 Å². The van der Waals surface area contributed by atoms with Gasteiger partial charge in [0.2, 0.25) is 0 Å². The SMILES string of the molecule is c1ccc(-c2ccc(N(c3cccc(-c4cccc5c6ccc7oc8ccccc8c7c6c6ccccc6c45)c3)c3ccc4ccccc4c3)cc2)cc1. The molecule has 0 aliphatic carbocycles. The fraction of sp³-hybridized carbons (Fsp3) is 0. The van der Waals surface area contributed by atoms with Crippen LogP contribution in [0.5, 0.6) is 0 Å². The summed E-state index contributed by atoms with van der Waals surface area (Å²) >= 11 is 0. The van der Waals surface area contributed by atoms with Gasteiger partial charge in [-0.05, 0) is 115 Å². The molecule has 11 aromatic rings. The van der Waals surface area contributed by atoms with E-state index in [9.17, 15) is 0 Å². The number of para-hydroxylation sites is 1. The lowest BCUT2D eigenvalue weighted by atomic mass is 9.88. The summed E-state index contributed by atoms with van der Waals surface area (Å²) in [6, 6.07) is 72.3. The zero-order valence-corrected chi connectivity index (χ0v) is 29.4. The van der Waals surface area contributed by atoms with Gasteiger partial charge in [-0.25, -0.2) is 0 Å². The van der Waals surface area contributed by atoms with Crippen molar-refractivity contribution in [3.63, 3.8) is 0 Å². The molecule has 0 atom stereocenters. The van der Waals surface area contributed by atoms with E-state index in [-0.39, 0.29) is 0 Å². The zero-order chi connectivity index (χ0) is 35.6. The fourth-order valence-electron chi connectivity index (χ4n) is 8.56. The number of benzene rings is 10. The highest BCUT2D eigenvalue weighted by atomic mass is 16.3. The first-order chi connectivity index (χ1) is 26.8. The lowest BCUT2D eigenvalue weighted by Crippen LogP contribution is -2.10. The van der Waals surface area contributed by atoms with Gasteiger partial charge in [0.05, 0.1) is 0 Å². The number of rotatable bonds is 5. The summed E-state index contributed by atoms with van der Waals surface area (Å²) in [4.78, 5) is 2.38. The molecule has 1 aromatic heterocycles. The summed E-state index contributed by atoms with van der Waals surface area (Å²) in [6.45, 7) is 0. The molecule has 11 rings (SSSR count). The van der Waals surface area contributed by atoms with E-state index in [0.717, 1.165) is 33.6 Å². The third kappa shape index (κ3) is 4.81. The molecule has 2 nitrogen and oxygen atoms in total. The Morgan fingerprint density at radius 2 is 0.889 bits per heavy atom. The average Bonchev–Trinajstić information content (AvgIpc) is 3.63. The Balaban J connectivity index is 1.13. The quantitative estimate of drug-likeness (QED) is 0.168. The smallest absolute Gasteiger partial charge is 0.136 e. The van der Waals surface area contributed by atoms with E-state index in [0.29, 0.717) is 0 Å². The van der Waals surface area contributed by atoms with E-state index in [1.54, 1.807) is 0 Å². The van der Waals surface area contributed by atoms with Crippen LogP contribution in [0.4, 0.5) is 17.1 Å². The second-order valence-electron chi connectivity index (χ2n) is 14.1. The first-order valence-electron chi connectivity index (χ1n) is 18.5. The van der Waals surface area contributed by atoms with Crippen molar-refractivity contribution in [1.82, 2.24) is 0 Å². The lowest BCUT2D eigenvalue weighted by molar-refractivity contribution is 0.669. The van der Waals surface area contributed by atoms with Gasteiger partial charge >= 0.3 is 0 Å². The molecule has 10 aromatic carbocycles. The highest BCUT2D eigenvalue weighted by Gasteiger charge is 2.19. The molecule has 0 unspecified atom stereocenters. The van der Waals surface area contributed by atoms with Crippen LogP contribution in [0, 0.1) is 0 Å². The van der Waals surface area contributed by atoms with Gasteiger partial charge in [-0.3, -0.25) is 0 Å². The van der Waals surface area contributed by atoms with E-state index < -0.39 is 0 Å². The highest BCUT2D eigenvalue weighted by molar-refractivity contribution is 6.36. The molecule has 0 fully saturated rings. The number of furan rings is 1. The number of hydrogen-bond acceptors (Lipinski definition) is 2. The number of nitrogens with zero attached hydrogens (tertiary/aromatic N) is 1. The Labute approximate surface area is 312 Å².